The summed E-state index contributed by atoms with van der Waals surface area (Å²) in [5.41, 5.74) is 2.11. The molecule has 0 bridgehead atoms. The second-order valence-electron chi connectivity index (χ2n) is 6.71. The molecule has 2 N–H and O–H groups in total. The number of hydrogen-bond acceptors (Lipinski definition) is 5. The molecule has 1 aromatic carbocycles. The number of halogens is 1. The molecule has 2 aromatic rings. The van der Waals surface area contributed by atoms with Gasteiger partial charge in [-0.2, -0.15) is 0 Å². The third-order valence-electron chi connectivity index (χ3n) is 4.12. The van der Waals surface area contributed by atoms with E-state index >= 15 is 0 Å². The highest BCUT2D eigenvalue weighted by Gasteiger charge is 2.16. The Morgan fingerprint density at radius 3 is 2.32 bits per heavy atom. The number of sulfonamides is 1. The van der Waals surface area contributed by atoms with E-state index in [1.807, 2.05) is 12.1 Å². The molecule has 0 fully saturated rings. The Morgan fingerprint density at radius 1 is 1.07 bits per heavy atom. The maximum Gasteiger partial charge on any atom is 0.261 e. The largest absolute Gasteiger partial charge is 0.476 e. The Balaban J connectivity index is 0.00000392. The van der Waals surface area contributed by atoms with Crippen molar-refractivity contribution in [1.82, 2.24) is 10.3 Å². The Kier molecular flexibility index (Phi) is 9.72. The van der Waals surface area contributed by atoms with Crippen molar-refractivity contribution < 1.29 is 13.2 Å². The van der Waals surface area contributed by atoms with Crippen LogP contribution >= 0.6 is 12.4 Å². The fourth-order valence-corrected chi connectivity index (χ4v) is 3.61. The molecule has 0 saturated heterocycles. The first-order chi connectivity index (χ1) is 12.8. The van der Waals surface area contributed by atoms with E-state index in [0.29, 0.717) is 29.8 Å². The van der Waals surface area contributed by atoms with E-state index in [-0.39, 0.29) is 17.3 Å². The number of aromatic nitrogens is 1. The van der Waals surface area contributed by atoms with Gasteiger partial charge in [0, 0.05) is 12.6 Å². The highest BCUT2D eigenvalue weighted by atomic mass is 35.5. The van der Waals surface area contributed by atoms with Gasteiger partial charge in [0.2, 0.25) is 5.88 Å². The number of ether oxygens (including phenoxy) is 1. The SMILES string of the molecule is CCCNCCOc1ccc(NS(=O)(=O)c2ccc(C(C)C)cc2)c(C)n1.Cl. The van der Waals surface area contributed by atoms with Crippen molar-refractivity contribution in [3.8, 4) is 5.88 Å². The summed E-state index contributed by atoms with van der Waals surface area (Å²) >= 11 is 0. The number of pyridine rings is 1. The van der Waals surface area contributed by atoms with Crippen LogP contribution in [0.4, 0.5) is 5.69 Å². The minimum absolute atomic E-state index is 0. The molecule has 0 radical (unpaired) electrons. The second kappa shape index (κ2) is 11.2. The van der Waals surface area contributed by atoms with E-state index in [0.717, 1.165) is 25.1 Å². The van der Waals surface area contributed by atoms with Gasteiger partial charge in [-0.15, -0.1) is 12.4 Å². The summed E-state index contributed by atoms with van der Waals surface area (Å²) in [6.07, 6.45) is 1.08. The number of anilines is 1. The standard InChI is InChI=1S/C20H29N3O3S.ClH/c1-5-12-21-13-14-26-20-11-10-19(16(4)22-20)23-27(24,25)18-8-6-17(7-9-18)15(2)3;/h6-11,15,21,23H,5,12-14H2,1-4H3;1H. The summed E-state index contributed by atoms with van der Waals surface area (Å²) in [5, 5.41) is 3.25. The topological polar surface area (TPSA) is 80.3 Å². The van der Waals surface area contributed by atoms with Crippen LogP contribution in [0.25, 0.3) is 0 Å². The smallest absolute Gasteiger partial charge is 0.261 e. The summed E-state index contributed by atoms with van der Waals surface area (Å²) in [7, 11) is -3.66. The van der Waals surface area contributed by atoms with Gasteiger partial charge in [0.05, 0.1) is 16.3 Å². The molecule has 0 saturated carbocycles. The van der Waals surface area contributed by atoms with Gasteiger partial charge < -0.3 is 10.1 Å². The summed E-state index contributed by atoms with van der Waals surface area (Å²) in [5.74, 6) is 0.834. The quantitative estimate of drug-likeness (QED) is 0.557. The van der Waals surface area contributed by atoms with Crippen LogP contribution in [0, 0.1) is 6.92 Å². The normalized spacial score (nSPS) is 11.2. The molecule has 28 heavy (non-hydrogen) atoms. The van der Waals surface area contributed by atoms with Gasteiger partial charge in [-0.25, -0.2) is 13.4 Å². The molecule has 1 aromatic heterocycles. The van der Waals surface area contributed by atoms with Gasteiger partial charge >= 0.3 is 0 Å². The summed E-state index contributed by atoms with van der Waals surface area (Å²) in [6, 6.07) is 10.3. The molecule has 0 aliphatic heterocycles. The van der Waals surface area contributed by atoms with Crippen LogP contribution in [0.15, 0.2) is 41.3 Å². The van der Waals surface area contributed by atoms with Crippen LogP contribution in [0.3, 0.4) is 0 Å². The molecule has 0 aliphatic carbocycles. The van der Waals surface area contributed by atoms with Crippen molar-refractivity contribution in [1.29, 1.82) is 0 Å². The van der Waals surface area contributed by atoms with Gasteiger partial charge in [0.25, 0.3) is 10.0 Å². The Bertz CT molecular complexity index is 840. The highest BCUT2D eigenvalue weighted by Crippen LogP contribution is 2.22. The Labute approximate surface area is 174 Å². The van der Waals surface area contributed by atoms with E-state index < -0.39 is 10.0 Å². The summed E-state index contributed by atoms with van der Waals surface area (Å²) in [6.45, 7) is 10.2. The molecular formula is C20H30ClN3O3S. The summed E-state index contributed by atoms with van der Waals surface area (Å²) in [4.78, 5) is 4.56. The van der Waals surface area contributed by atoms with Crippen LogP contribution in [-0.2, 0) is 10.0 Å². The fourth-order valence-electron chi connectivity index (χ4n) is 2.49. The van der Waals surface area contributed by atoms with Crippen molar-refractivity contribution >= 4 is 28.1 Å². The molecule has 0 unspecified atom stereocenters. The van der Waals surface area contributed by atoms with E-state index in [2.05, 4.69) is 35.8 Å². The van der Waals surface area contributed by atoms with Crippen molar-refractivity contribution in [3.63, 3.8) is 0 Å². The van der Waals surface area contributed by atoms with Crippen molar-refractivity contribution in [2.45, 2.75) is 44.9 Å². The van der Waals surface area contributed by atoms with Gasteiger partial charge in [-0.3, -0.25) is 4.72 Å². The lowest BCUT2D eigenvalue weighted by Crippen LogP contribution is -2.21. The summed E-state index contributed by atoms with van der Waals surface area (Å²) < 4.78 is 33.4. The van der Waals surface area contributed by atoms with Crippen LogP contribution in [0.2, 0.25) is 0 Å². The Hall–Kier alpha value is -1.83. The third-order valence-corrected chi connectivity index (χ3v) is 5.50. The fraction of sp³-hybridized carbons (Fsp3) is 0.450. The average molecular weight is 428 g/mol. The van der Waals surface area contributed by atoms with E-state index in [9.17, 15) is 8.42 Å². The van der Waals surface area contributed by atoms with E-state index in [1.165, 1.54) is 0 Å². The van der Waals surface area contributed by atoms with E-state index in [4.69, 9.17) is 4.74 Å². The number of nitrogens with one attached hydrogen (secondary N) is 2. The molecule has 0 atom stereocenters. The highest BCUT2D eigenvalue weighted by molar-refractivity contribution is 7.92. The van der Waals surface area contributed by atoms with Gasteiger partial charge in [-0.05, 0) is 49.6 Å². The van der Waals surface area contributed by atoms with Gasteiger partial charge in [0.15, 0.2) is 0 Å². The maximum atomic E-state index is 12.6. The van der Waals surface area contributed by atoms with Crippen molar-refractivity contribution in [2.24, 2.45) is 0 Å². The molecule has 1 heterocycles. The number of benzene rings is 1. The zero-order valence-electron chi connectivity index (χ0n) is 16.9. The molecule has 6 nitrogen and oxygen atoms in total. The predicted molar refractivity (Wildman–Crippen MR) is 116 cm³/mol. The first-order valence-corrected chi connectivity index (χ1v) is 10.8. The Morgan fingerprint density at radius 2 is 1.75 bits per heavy atom. The second-order valence-corrected chi connectivity index (χ2v) is 8.39. The third kappa shape index (κ3) is 6.96. The van der Waals surface area contributed by atoms with Crippen LogP contribution in [0.5, 0.6) is 5.88 Å². The molecule has 8 heteroatoms. The lowest BCUT2D eigenvalue weighted by Gasteiger charge is -2.13. The maximum absolute atomic E-state index is 12.6. The van der Waals surface area contributed by atoms with Crippen molar-refractivity contribution in [3.05, 3.63) is 47.7 Å². The molecule has 0 spiro atoms. The zero-order valence-corrected chi connectivity index (χ0v) is 18.5. The lowest BCUT2D eigenvalue weighted by atomic mass is 10.0. The molecule has 0 amide bonds. The number of nitrogens with zero attached hydrogens (tertiary/aromatic N) is 1. The molecule has 156 valence electrons. The minimum atomic E-state index is -3.66. The molecular weight excluding hydrogens is 398 g/mol. The minimum Gasteiger partial charge on any atom is -0.476 e. The average Bonchev–Trinajstić information content (AvgIpc) is 2.63. The number of aryl methyl sites for hydroxylation is 1. The monoisotopic (exact) mass is 427 g/mol. The predicted octanol–water partition coefficient (Wildman–Crippen LogP) is 4.11. The number of rotatable bonds is 10. The zero-order chi connectivity index (χ0) is 19.9. The number of hydrogen-bond donors (Lipinski definition) is 2. The van der Waals surface area contributed by atoms with Gasteiger partial charge in [0.1, 0.15) is 6.61 Å². The van der Waals surface area contributed by atoms with Gasteiger partial charge in [-0.1, -0.05) is 32.9 Å². The van der Waals surface area contributed by atoms with Crippen molar-refractivity contribution in [2.75, 3.05) is 24.4 Å². The lowest BCUT2D eigenvalue weighted by molar-refractivity contribution is 0.302. The first kappa shape index (κ1) is 24.2. The molecule has 0 aliphatic rings. The van der Waals surface area contributed by atoms with Crippen LogP contribution in [-0.4, -0.2) is 33.1 Å². The molecule has 2 rings (SSSR count). The first-order valence-electron chi connectivity index (χ1n) is 9.27. The van der Waals surface area contributed by atoms with E-state index in [1.54, 1.807) is 31.2 Å². The van der Waals surface area contributed by atoms with Crippen LogP contribution in [0.1, 0.15) is 44.4 Å². The van der Waals surface area contributed by atoms with Crippen LogP contribution < -0.4 is 14.8 Å².